The maximum Gasteiger partial charge on any atom is 0.113 e. The third kappa shape index (κ3) is 4.13. The van der Waals surface area contributed by atoms with Crippen molar-refractivity contribution in [2.24, 2.45) is 11.1 Å². The molecule has 0 spiro atoms. The van der Waals surface area contributed by atoms with Gasteiger partial charge in [0.1, 0.15) is 5.76 Å². The van der Waals surface area contributed by atoms with E-state index in [9.17, 15) is 0 Å². The van der Waals surface area contributed by atoms with E-state index in [0.29, 0.717) is 6.61 Å². The first-order valence-electron chi connectivity index (χ1n) is 4.64. The highest BCUT2D eigenvalue weighted by Gasteiger charge is 2.24. The molecule has 0 saturated carbocycles. The van der Waals surface area contributed by atoms with Gasteiger partial charge in [0.05, 0.1) is 12.6 Å². The lowest BCUT2D eigenvalue weighted by Crippen LogP contribution is -2.37. The molecule has 76 valence electrons. The smallest absolute Gasteiger partial charge is 0.113 e. The van der Waals surface area contributed by atoms with Crippen LogP contribution in [0.4, 0.5) is 0 Å². The second-order valence-corrected chi connectivity index (χ2v) is 4.08. The van der Waals surface area contributed by atoms with Gasteiger partial charge < -0.3 is 10.5 Å². The molecule has 0 aliphatic carbocycles. The summed E-state index contributed by atoms with van der Waals surface area (Å²) < 4.78 is 5.44. The van der Waals surface area contributed by atoms with Crippen LogP contribution >= 0.6 is 0 Å². The Bertz CT molecular complexity index is 189. The van der Waals surface area contributed by atoms with E-state index < -0.39 is 0 Å². The van der Waals surface area contributed by atoms with E-state index in [1.807, 2.05) is 13.0 Å². The summed E-state index contributed by atoms with van der Waals surface area (Å²) in [6.45, 7) is 12.5. The molecule has 0 aliphatic rings. The molecule has 0 aromatic heterocycles. The summed E-state index contributed by atoms with van der Waals surface area (Å²) in [7, 11) is 0. The summed E-state index contributed by atoms with van der Waals surface area (Å²) in [6, 6.07) is -0.0783. The predicted octanol–water partition coefficient (Wildman–Crippen LogP) is 2.47. The Balaban J connectivity index is 4.55. The van der Waals surface area contributed by atoms with E-state index in [-0.39, 0.29) is 11.5 Å². The number of hydrogen-bond acceptors (Lipinski definition) is 2. The zero-order chi connectivity index (χ0) is 10.5. The largest absolute Gasteiger partial charge is 0.497 e. The molecule has 1 atom stereocenters. The molecule has 0 bridgehead atoms. The maximum atomic E-state index is 6.03. The van der Waals surface area contributed by atoms with Crippen molar-refractivity contribution in [3.63, 3.8) is 0 Å². The van der Waals surface area contributed by atoms with Gasteiger partial charge in [0.2, 0.25) is 0 Å². The molecular weight excluding hydrogens is 162 g/mol. The third-order valence-corrected chi connectivity index (χ3v) is 1.83. The number of hydrogen-bond donors (Lipinski definition) is 1. The van der Waals surface area contributed by atoms with Crippen LogP contribution in [0.3, 0.4) is 0 Å². The van der Waals surface area contributed by atoms with Crippen LogP contribution in [0.15, 0.2) is 24.5 Å². The van der Waals surface area contributed by atoms with Gasteiger partial charge in [-0.2, -0.15) is 0 Å². The first-order chi connectivity index (χ1) is 5.93. The van der Waals surface area contributed by atoms with E-state index in [2.05, 4.69) is 27.4 Å². The maximum absolute atomic E-state index is 6.03. The fourth-order valence-corrected chi connectivity index (χ4v) is 0.951. The molecule has 0 rings (SSSR count). The zero-order valence-corrected chi connectivity index (χ0v) is 9.13. The van der Waals surface area contributed by atoms with Crippen molar-refractivity contribution in [3.05, 3.63) is 24.5 Å². The van der Waals surface area contributed by atoms with Crippen LogP contribution in [0.5, 0.6) is 0 Å². The molecule has 0 fully saturated rings. The van der Waals surface area contributed by atoms with Crippen LogP contribution < -0.4 is 5.73 Å². The third-order valence-electron chi connectivity index (χ3n) is 1.83. The Hall–Kier alpha value is -0.760. The molecule has 2 heteroatoms. The van der Waals surface area contributed by atoms with Crippen LogP contribution in [0, 0.1) is 5.41 Å². The first kappa shape index (κ1) is 12.2. The molecular formula is C11H21NO. The highest BCUT2D eigenvalue weighted by atomic mass is 16.5. The molecule has 0 aromatic carbocycles. The number of rotatable bonds is 4. The van der Waals surface area contributed by atoms with Crippen LogP contribution in [-0.4, -0.2) is 12.6 Å². The summed E-state index contributed by atoms with van der Waals surface area (Å²) >= 11 is 0. The highest BCUT2D eigenvalue weighted by molar-refractivity contribution is 5.12. The Morgan fingerprint density at radius 2 is 2.08 bits per heavy atom. The van der Waals surface area contributed by atoms with Gasteiger partial charge >= 0.3 is 0 Å². The van der Waals surface area contributed by atoms with Gasteiger partial charge in [-0.25, -0.2) is 0 Å². The fraction of sp³-hybridized carbons (Fsp3) is 0.636. The number of nitrogens with two attached hydrogens (primary N) is 1. The van der Waals surface area contributed by atoms with Crippen molar-refractivity contribution in [2.45, 2.75) is 33.7 Å². The van der Waals surface area contributed by atoms with Crippen molar-refractivity contribution in [1.82, 2.24) is 0 Å². The average molecular weight is 183 g/mol. The van der Waals surface area contributed by atoms with E-state index in [0.717, 1.165) is 5.76 Å². The number of ether oxygens (including phenoxy) is 1. The molecule has 0 aliphatic heterocycles. The van der Waals surface area contributed by atoms with Crippen LogP contribution in [0.25, 0.3) is 0 Å². The minimum Gasteiger partial charge on any atom is -0.497 e. The summed E-state index contributed by atoms with van der Waals surface area (Å²) in [5, 5.41) is 0. The van der Waals surface area contributed by atoms with Gasteiger partial charge in [-0.05, 0) is 18.4 Å². The normalized spacial score (nSPS) is 15.3. The topological polar surface area (TPSA) is 35.2 Å². The lowest BCUT2D eigenvalue weighted by Gasteiger charge is -2.28. The second kappa shape index (κ2) is 5.07. The van der Waals surface area contributed by atoms with E-state index in [1.165, 1.54) is 0 Å². The summed E-state index contributed by atoms with van der Waals surface area (Å²) in [5.41, 5.74) is 6.04. The van der Waals surface area contributed by atoms with E-state index in [4.69, 9.17) is 10.5 Å². The minimum absolute atomic E-state index is 0.0179. The second-order valence-electron chi connectivity index (χ2n) is 4.08. The minimum atomic E-state index is -0.0783. The van der Waals surface area contributed by atoms with Gasteiger partial charge in [-0.1, -0.05) is 33.4 Å². The van der Waals surface area contributed by atoms with Gasteiger partial charge in [0.15, 0.2) is 0 Å². The van der Waals surface area contributed by atoms with Crippen LogP contribution in [0.1, 0.15) is 27.7 Å². The van der Waals surface area contributed by atoms with Gasteiger partial charge in [-0.3, -0.25) is 0 Å². The summed E-state index contributed by atoms with van der Waals surface area (Å²) in [4.78, 5) is 0. The van der Waals surface area contributed by atoms with Crippen molar-refractivity contribution < 1.29 is 4.74 Å². The molecule has 0 unspecified atom stereocenters. The summed E-state index contributed by atoms with van der Waals surface area (Å²) in [5.74, 6) is 0.810. The lowest BCUT2D eigenvalue weighted by atomic mass is 9.86. The molecule has 0 amide bonds. The SMILES string of the molecule is C=C/C=C(/OCC)[C@@H](N)C(C)(C)C. The van der Waals surface area contributed by atoms with Gasteiger partial charge in [0.25, 0.3) is 0 Å². The van der Waals surface area contributed by atoms with Gasteiger partial charge in [0, 0.05) is 0 Å². The Kier molecular flexibility index (Phi) is 4.78. The monoisotopic (exact) mass is 183 g/mol. The predicted molar refractivity (Wildman–Crippen MR) is 57.3 cm³/mol. The molecule has 13 heavy (non-hydrogen) atoms. The van der Waals surface area contributed by atoms with Crippen molar-refractivity contribution >= 4 is 0 Å². The lowest BCUT2D eigenvalue weighted by molar-refractivity contribution is 0.173. The van der Waals surface area contributed by atoms with E-state index >= 15 is 0 Å². The van der Waals surface area contributed by atoms with E-state index in [1.54, 1.807) is 6.08 Å². The summed E-state index contributed by atoms with van der Waals surface area (Å²) in [6.07, 6.45) is 3.54. The molecule has 2 nitrogen and oxygen atoms in total. The van der Waals surface area contributed by atoms with Crippen LogP contribution in [0.2, 0.25) is 0 Å². The zero-order valence-electron chi connectivity index (χ0n) is 9.13. The molecule has 0 aromatic rings. The Morgan fingerprint density at radius 1 is 1.54 bits per heavy atom. The molecule has 0 heterocycles. The first-order valence-corrected chi connectivity index (χ1v) is 4.64. The average Bonchev–Trinajstić information content (AvgIpc) is 2.01. The molecule has 0 saturated heterocycles. The molecule has 2 N–H and O–H groups in total. The Labute approximate surface area is 81.5 Å². The highest BCUT2D eigenvalue weighted by Crippen LogP contribution is 2.23. The molecule has 0 radical (unpaired) electrons. The quantitative estimate of drug-likeness (QED) is 0.537. The van der Waals surface area contributed by atoms with Crippen molar-refractivity contribution in [3.8, 4) is 0 Å². The van der Waals surface area contributed by atoms with Crippen molar-refractivity contribution in [1.29, 1.82) is 0 Å². The van der Waals surface area contributed by atoms with Crippen LogP contribution in [-0.2, 0) is 4.74 Å². The number of allylic oxidation sites excluding steroid dienone is 2. The fourth-order valence-electron chi connectivity index (χ4n) is 0.951. The van der Waals surface area contributed by atoms with Gasteiger partial charge in [-0.15, -0.1) is 0 Å². The standard InChI is InChI=1S/C11H21NO/c1-6-8-9(13-7-2)10(12)11(3,4)5/h6,8,10H,1,7,12H2,2-5H3/b9-8+/t10-/m1/s1. The van der Waals surface area contributed by atoms with Crippen molar-refractivity contribution in [2.75, 3.05) is 6.61 Å². The Morgan fingerprint density at radius 3 is 2.38 bits per heavy atom.